The molecule has 0 saturated carbocycles. The molecule has 5 rings (SSSR count). The molecule has 1 atom stereocenters. The summed E-state index contributed by atoms with van der Waals surface area (Å²) in [6, 6.07) is 14.6. The number of hydrogen-bond donors (Lipinski definition) is 1. The van der Waals surface area contributed by atoms with E-state index in [1.54, 1.807) is 56.4 Å². The van der Waals surface area contributed by atoms with Crippen LogP contribution in [0.4, 0.5) is 4.39 Å². The maximum atomic E-state index is 13.9. The number of ether oxygens (including phenoxy) is 1. The summed E-state index contributed by atoms with van der Waals surface area (Å²) in [6.07, 6.45) is 1.08. The van der Waals surface area contributed by atoms with Gasteiger partial charge in [-0.1, -0.05) is 30.3 Å². The molecule has 0 radical (unpaired) electrons. The third-order valence-corrected chi connectivity index (χ3v) is 8.30. The van der Waals surface area contributed by atoms with Gasteiger partial charge in [0, 0.05) is 28.5 Å². The molecule has 0 aliphatic carbocycles. The number of aromatic nitrogens is 2. The lowest BCUT2D eigenvalue weighted by Crippen LogP contribution is -2.52. The molecule has 186 valence electrons. The van der Waals surface area contributed by atoms with Crippen molar-refractivity contribution < 1.29 is 22.7 Å². The molecular formula is C27H25FN2O5S. The molecule has 0 bridgehead atoms. The van der Waals surface area contributed by atoms with Crippen LogP contribution in [0.5, 0.6) is 5.75 Å². The van der Waals surface area contributed by atoms with E-state index in [0.29, 0.717) is 39.3 Å². The SMILES string of the molecule is Cc1cc([C@H](C)Oc2ccccc2C2(O)CS(=O)(=O)C2)c2nc(-c3cccc(F)c3)c(C)c(=O)n2c1. The number of fused-ring (bicyclic) bond motifs is 1. The second-order valence-electron chi connectivity index (χ2n) is 9.39. The van der Waals surface area contributed by atoms with Crippen molar-refractivity contribution >= 4 is 15.5 Å². The lowest BCUT2D eigenvalue weighted by Gasteiger charge is -2.37. The van der Waals surface area contributed by atoms with Crippen molar-refractivity contribution in [1.29, 1.82) is 0 Å². The summed E-state index contributed by atoms with van der Waals surface area (Å²) in [7, 11) is -3.29. The summed E-state index contributed by atoms with van der Waals surface area (Å²) >= 11 is 0. The number of benzene rings is 2. The van der Waals surface area contributed by atoms with Gasteiger partial charge >= 0.3 is 0 Å². The standard InChI is InChI=1S/C27H25FN2O5S/c1-16-11-21(18(3)35-23-10-5-4-9-22(23)27(32)14-36(33,34)15-27)25-29-24(17(2)26(31)30(25)13-16)19-7-6-8-20(28)12-19/h4-13,18,32H,14-15H2,1-3H3/t18-/m0/s1. The zero-order chi connectivity index (χ0) is 25.8. The van der Waals surface area contributed by atoms with Crippen LogP contribution in [0.1, 0.15) is 35.3 Å². The van der Waals surface area contributed by atoms with Crippen LogP contribution in [0.15, 0.2) is 65.6 Å². The van der Waals surface area contributed by atoms with Crippen LogP contribution < -0.4 is 10.3 Å². The van der Waals surface area contributed by atoms with Crippen molar-refractivity contribution in [3.05, 3.63) is 99.2 Å². The molecule has 1 aliphatic rings. The van der Waals surface area contributed by atoms with Gasteiger partial charge in [0.1, 0.15) is 28.9 Å². The first kappa shape index (κ1) is 24.1. The minimum atomic E-state index is -3.29. The maximum Gasteiger partial charge on any atom is 0.261 e. The van der Waals surface area contributed by atoms with E-state index >= 15 is 0 Å². The number of aryl methyl sites for hydroxylation is 1. The maximum absolute atomic E-state index is 13.9. The third-order valence-electron chi connectivity index (χ3n) is 6.46. The van der Waals surface area contributed by atoms with Crippen LogP contribution >= 0.6 is 0 Å². The van der Waals surface area contributed by atoms with E-state index in [1.807, 2.05) is 13.0 Å². The normalized spacial score (nSPS) is 16.9. The first-order chi connectivity index (χ1) is 17.0. The predicted molar refractivity (Wildman–Crippen MR) is 134 cm³/mol. The van der Waals surface area contributed by atoms with Crippen LogP contribution in [0, 0.1) is 19.7 Å². The Kier molecular flexibility index (Phi) is 5.72. The largest absolute Gasteiger partial charge is 0.485 e. The van der Waals surface area contributed by atoms with Gasteiger partial charge in [0.2, 0.25) is 0 Å². The lowest BCUT2D eigenvalue weighted by atomic mass is 9.96. The molecule has 1 saturated heterocycles. The zero-order valence-corrected chi connectivity index (χ0v) is 20.8. The molecule has 0 amide bonds. The summed E-state index contributed by atoms with van der Waals surface area (Å²) in [4.78, 5) is 18.0. The highest BCUT2D eigenvalue weighted by Gasteiger charge is 2.50. The van der Waals surface area contributed by atoms with E-state index in [2.05, 4.69) is 0 Å². The number of nitrogens with zero attached hydrogens (tertiary/aromatic N) is 2. The summed E-state index contributed by atoms with van der Waals surface area (Å²) < 4.78 is 45.2. The third kappa shape index (κ3) is 4.18. The quantitative estimate of drug-likeness (QED) is 0.440. The van der Waals surface area contributed by atoms with Gasteiger partial charge in [-0.05, 0) is 50.6 Å². The van der Waals surface area contributed by atoms with Crippen LogP contribution in [0.3, 0.4) is 0 Å². The van der Waals surface area contributed by atoms with Crippen LogP contribution in [0.25, 0.3) is 16.9 Å². The van der Waals surface area contributed by atoms with E-state index in [9.17, 15) is 22.7 Å². The van der Waals surface area contributed by atoms with Gasteiger partial charge in [0.05, 0.1) is 17.2 Å². The minimum Gasteiger partial charge on any atom is -0.485 e. The van der Waals surface area contributed by atoms with Gasteiger partial charge in [-0.25, -0.2) is 17.8 Å². The lowest BCUT2D eigenvalue weighted by molar-refractivity contribution is 0.0637. The highest BCUT2D eigenvalue weighted by molar-refractivity contribution is 7.92. The highest BCUT2D eigenvalue weighted by atomic mass is 32.2. The number of rotatable bonds is 5. The number of sulfone groups is 1. The predicted octanol–water partition coefficient (Wildman–Crippen LogP) is 3.87. The first-order valence-corrected chi connectivity index (χ1v) is 13.3. The van der Waals surface area contributed by atoms with Crippen LogP contribution in [0.2, 0.25) is 0 Å². The second-order valence-corrected chi connectivity index (χ2v) is 11.5. The Bertz CT molecular complexity index is 1670. The first-order valence-electron chi connectivity index (χ1n) is 11.5. The molecule has 3 heterocycles. The molecule has 9 heteroatoms. The molecule has 1 aliphatic heterocycles. The molecule has 2 aromatic carbocycles. The monoisotopic (exact) mass is 508 g/mol. The Labute approximate surface area is 207 Å². The molecule has 0 unspecified atom stereocenters. The minimum absolute atomic E-state index is 0.272. The molecular weight excluding hydrogens is 483 g/mol. The second kappa shape index (κ2) is 8.53. The van der Waals surface area contributed by atoms with E-state index < -0.39 is 27.4 Å². The van der Waals surface area contributed by atoms with Crippen molar-refractivity contribution in [1.82, 2.24) is 9.38 Å². The Balaban J connectivity index is 1.61. The Morgan fingerprint density at radius 3 is 2.53 bits per heavy atom. The molecule has 36 heavy (non-hydrogen) atoms. The topological polar surface area (TPSA) is 98.0 Å². The Morgan fingerprint density at radius 1 is 1.11 bits per heavy atom. The summed E-state index contributed by atoms with van der Waals surface area (Å²) in [5, 5.41) is 10.9. The number of aliphatic hydroxyl groups is 1. The van der Waals surface area contributed by atoms with Gasteiger partial charge in [-0.2, -0.15) is 0 Å². The zero-order valence-electron chi connectivity index (χ0n) is 20.0. The summed E-state index contributed by atoms with van der Waals surface area (Å²) in [5.41, 5.74) is 1.67. The van der Waals surface area contributed by atoms with E-state index in [0.717, 1.165) is 5.56 Å². The average Bonchev–Trinajstić information content (AvgIpc) is 2.80. The Morgan fingerprint density at radius 2 is 1.83 bits per heavy atom. The molecule has 1 N–H and O–H groups in total. The highest BCUT2D eigenvalue weighted by Crippen LogP contribution is 2.40. The van der Waals surface area contributed by atoms with Crippen molar-refractivity contribution in [2.24, 2.45) is 0 Å². The van der Waals surface area contributed by atoms with Crippen molar-refractivity contribution in [2.45, 2.75) is 32.5 Å². The molecule has 7 nitrogen and oxygen atoms in total. The van der Waals surface area contributed by atoms with Gasteiger partial charge < -0.3 is 9.84 Å². The molecule has 0 spiro atoms. The molecule has 4 aromatic rings. The summed E-state index contributed by atoms with van der Waals surface area (Å²) in [5.74, 6) is -0.811. The van der Waals surface area contributed by atoms with Gasteiger partial charge in [0.25, 0.3) is 5.56 Å². The number of halogens is 1. The number of hydrogen-bond acceptors (Lipinski definition) is 6. The number of pyridine rings is 1. The van der Waals surface area contributed by atoms with Gasteiger partial charge in [-0.15, -0.1) is 0 Å². The van der Waals surface area contributed by atoms with E-state index in [4.69, 9.17) is 9.72 Å². The van der Waals surface area contributed by atoms with Crippen molar-refractivity contribution in [3.8, 4) is 17.0 Å². The average molecular weight is 509 g/mol. The van der Waals surface area contributed by atoms with Gasteiger partial charge in [-0.3, -0.25) is 9.20 Å². The Hall–Kier alpha value is -3.56. The van der Waals surface area contributed by atoms with Crippen LogP contribution in [-0.2, 0) is 15.4 Å². The number of para-hydroxylation sites is 1. The fraction of sp³-hybridized carbons (Fsp3) is 0.259. The molecule has 2 aromatic heterocycles. The van der Waals surface area contributed by atoms with E-state index in [1.165, 1.54) is 16.5 Å². The van der Waals surface area contributed by atoms with Crippen molar-refractivity contribution in [3.63, 3.8) is 0 Å². The molecule has 1 fully saturated rings. The fourth-order valence-corrected chi connectivity index (χ4v) is 6.44. The fourth-order valence-electron chi connectivity index (χ4n) is 4.76. The smallest absolute Gasteiger partial charge is 0.261 e. The summed E-state index contributed by atoms with van der Waals surface area (Å²) in [6.45, 7) is 5.31. The van der Waals surface area contributed by atoms with Crippen molar-refractivity contribution in [2.75, 3.05) is 11.5 Å². The van der Waals surface area contributed by atoms with E-state index in [-0.39, 0.29) is 17.1 Å². The van der Waals surface area contributed by atoms with Gasteiger partial charge in [0.15, 0.2) is 9.84 Å². The van der Waals surface area contributed by atoms with Crippen LogP contribution in [-0.4, -0.2) is 34.4 Å².